The van der Waals surface area contributed by atoms with Crippen molar-refractivity contribution in [1.29, 1.82) is 5.26 Å². The SMILES string of the molecule is COc1ccc(COCCCCc2ccc(-c3ccccc3C#N)cc2)cc1. The van der Waals surface area contributed by atoms with Crippen LogP contribution < -0.4 is 4.74 Å². The second-order valence-electron chi connectivity index (χ2n) is 6.71. The van der Waals surface area contributed by atoms with E-state index >= 15 is 0 Å². The Morgan fingerprint density at radius 3 is 2.25 bits per heavy atom. The van der Waals surface area contributed by atoms with Crippen LogP contribution in [0.2, 0.25) is 0 Å². The van der Waals surface area contributed by atoms with Gasteiger partial charge in [-0.15, -0.1) is 0 Å². The summed E-state index contributed by atoms with van der Waals surface area (Å²) in [5.41, 5.74) is 5.26. The zero-order valence-corrected chi connectivity index (χ0v) is 16.2. The highest BCUT2D eigenvalue weighted by atomic mass is 16.5. The molecule has 0 aliphatic carbocycles. The van der Waals surface area contributed by atoms with Crippen molar-refractivity contribution in [3.05, 3.63) is 89.5 Å². The number of ether oxygens (including phenoxy) is 2. The molecule has 0 aliphatic rings. The first-order valence-electron chi connectivity index (χ1n) is 9.59. The summed E-state index contributed by atoms with van der Waals surface area (Å²) >= 11 is 0. The molecule has 3 nitrogen and oxygen atoms in total. The molecule has 0 spiro atoms. The number of nitriles is 1. The monoisotopic (exact) mass is 371 g/mol. The Kier molecular flexibility index (Phi) is 7.23. The summed E-state index contributed by atoms with van der Waals surface area (Å²) in [6.07, 6.45) is 3.16. The van der Waals surface area contributed by atoms with E-state index in [-0.39, 0.29) is 0 Å². The molecule has 0 unspecified atom stereocenters. The third-order valence-corrected chi connectivity index (χ3v) is 4.74. The van der Waals surface area contributed by atoms with Crippen molar-refractivity contribution >= 4 is 0 Å². The fourth-order valence-electron chi connectivity index (χ4n) is 3.13. The van der Waals surface area contributed by atoms with Gasteiger partial charge in [0.15, 0.2) is 0 Å². The fourth-order valence-corrected chi connectivity index (χ4v) is 3.13. The summed E-state index contributed by atoms with van der Waals surface area (Å²) in [4.78, 5) is 0. The molecular formula is C25H25NO2. The fraction of sp³-hybridized carbons (Fsp3) is 0.240. The number of hydrogen-bond donors (Lipinski definition) is 0. The van der Waals surface area contributed by atoms with Crippen molar-refractivity contribution in [3.63, 3.8) is 0 Å². The third-order valence-electron chi connectivity index (χ3n) is 4.74. The van der Waals surface area contributed by atoms with Crippen molar-refractivity contribution in [2.24, 2.45) is 0 Å². The molecule has 0 saturated carbocycles. The van der Waals surface area contributed by atoms with E-state index in [9.17, 15) is 5.26 Å². The minimum absolute atomic E-state index is 0.636. The molecule has 3 rings (SSSR count). The Hall–Kier alpha value is -3.09. The Morgan fingerprint density at radius 1 is 0.821 bits per heavy atom. The van der Waals surface area contributed by atoms with E-state index in [1.165, 1.54) is 5.56 Å². The minimum atomic E-state index is 0.636. The number of methoxy groups -OCH3 is 1. The summed E-state index contributed by atoms with van der Waals surface area (Å²) in [5.74, 6) is 0.867. The first-order valence-corrected chi connectivity index (χ1v) is 9.59. The van der Waals surface area contributed by atoms with E-state index in [1.54, 1.807) is 7.11 Å². The summed E-state index contributed by atoms with van der Waals surface area (Å²) in [7, 11) is 1.67. The molecule has 0 radical (unpaired) electrons. The summed E-state index contributed by atoms with van der Waals surface area (Å²) in [5, 5.41) is 9.25. The lowest BCUT2D eigenvalue weighted by atomic mass is 9.98. The zero-order chi connectivity index (χ0) is 19.6. The van der Waals surface area contributed by atoms with Gasteiger partial charge in [0.05, 0.1) is 25.3 Å². The molecule has 28 heavy (non-hydrogen) atoms. The van der Waals surface area contributed by atoms with Crippen LogP contribution >= 0.6 is 0 Å². The molecule has 3 aromatic rings. The normalized spacial score (nSPS) is 10.4. The molecule has 0 N–H and O–H groups in total. The summed E-state index contributed by atoms with van der Waals surface area (Å²) in [6.45, 7) is 1.40. The van der Waals surface area contributed by atoms with Gasteiger partial charge in [0.2, 0.25) is 0 Å². The summed E-state index contributed by atoms with van der Waals surface area (Å²) < 4.78 is 10.9. The Morgan fingerprint density at radius 2 is 1.54 bits per heavy atom. The smallest absolute Gasteiger partial charge is 0.118 e. The van der Waals surface area contributed by atoms with Crippen molar-refractivity contribution in [3.8, 4) is 22.9 Å². The van der Waals surface area contributed by atoms with E-state index in [1.807, 2.05) is 48.5 Å². The Bertz CT molecular complexity index is 909. The number of nitrogens with zero attached hydrogens (tertiary/aromatic N) is 1. The van der Waals surface area contributed by atoms with Crippen molar-refractivity contribution in [2.45, 2.75) is 25.9 Å². The predicted octanol–water partition coefficient (Wildman–Crippen LogP) is 5.77. The molecule has 0 bridgehead atoms. The molecular weight excluding hydrogens is 346 g/mol. The lowest BCUT2D eigenvalue weighted by molar-refractivity contribution is 0.117. The van der Waals surface area contributed by atoms with Gasteiger partial charge in [-0.2, -0.15) is 5.26 Å². The van der Waals surface area contributed by atoms with Crippen LogP contribution in [-0.4, -0.2) is 13.7 Å². The quantitative estimate of drug-likeness (QED) is 0.448. The molecule has 0 amide bonds. The van der Waals surface area contributed by atoms with Crippen LogP contribution in [-0.2, 0) is 17.8 Å². The lowest BCUT2D eigenvalue weighted by Crippen LogP contribution is -1.97. The van der Waals surface area contributed by atoms with E-state index in [0.717, 1.165) is 48.3 Å². The first kappa shape index (κ1) is 19.7. The van der Waals surface area contributed by atoms with Crippen molar-refractivity contribution < 1.29 is 9.47 Å². The van der Waals surface area contributed by atoms with E-state index in [4.69, 9.17) is 9.47 Å². The van der Waals surface area contributed by atoms with E-state index in [0.29, 0.717) is 12.2 Å². The maximum atomic E-state index is 9.25. The summed E-state index contributed by atoms with van der Waals surface area (Å²) in [6, 6.07) is 26.5. The van der Waals surface area contributed by atoms with Crippen molar-refractivity contribution in [1.82, 2.24) is 0 Å². The molecule has 0 aliphatic heterocycles. The molecule has 0 fully saturated rings. The van der Waals surface area contributed by atoms with Crippen LogP contribution in [0.4, 0.5) is 0 Å². The Labute approximate surface area is 167 Å². The highest BCUT2D eigenvalue weighted by molar-refractivity contribution is 5.70. The van der Waals surface area contributed by atoms with Gasteiger partial charge in [-0.3, -0.25) is 0 Å². The van der Waals surface area contributed by atoms with Crippen LogP contribution in [0.25, 0.3) is 11.1 Å². The van der Waals surface area contributed by atoms with Gasteiger partial charge < -0.3 is 9.47 Å². The van der Waals surface area contributed by atoms with Gasteiger partial charge in [0.1, 0.15) is 5.75 Å². The van der Waals surface area contributed by atoms with Gasteiger partial charge in [-0.1, -0.05) is 54.6 Å². The zero-order valence-electron chi connectivity index (χ0n) is 16.2. The Balaban J connectivity index is 1.40. The number of benzene rings is 3. The van der Waals surface area contributed by atoms with Gasteiger partial charge >= 0.3 is 0 Å². The first-order chi connectivity index (χ1) is 13.8. The number of unbranched alkanes of at least 4 members (excludes halogenated alkanes) is 1. The van der Waals surface area contributed by atoms with Crippen LogP contribution in [0.15, 0.2) is 72.8 Å². The number of aryl methyl sites for hydroxylation is 1. The topological polar surface area (TPSA) is 42.2 Å². The number of hydrogen-bond acceptors (Lipinski definition) is 3. The van der Waals surface area contributed by atoms with Gasteiger partial charge in [-0.25, -0.2) is 0 Å². The largest absolute Gasteiger partial charge is 0.497 e. The minimum Gasteiger partial charge on any atom is -0.497 e. The standard InChI is InChI=1S/C25H25NO2/c1-27-24-15-11-21(12-16-24)19-28-17-5-4-6-20-9-13-22(14-10-20)25-8-3-2-7-23(25)18-26/h2-3,7-16H,4-6,17,19H2,1H3. The average molecular weight is 371 g/mol. The van der Waals surface area contributed by atoms with E-state index < -0.39 is 0 Å². The van der Waals surface area contributed by atoms with Crippen LogP contribution in [0, 0.1) is 11.3 Å². The lowest BCUT2D eigenvalue weighted by Gasteiger charge is -2.07. The maximum Gasteiger partial charge on any atom is 0.118 e. The molecule has 3 heteroatoms. The second kappa shape index (κ2) is 10.3. The molecule has 0 aromatic heterocycles. The maximum absolute atomic E-state index is 9.25. The highest BCUT2D eigenvalue weighted by Crippen LogP contribution is 2.23. The third kappa shape index (κ3) is 5.45. The van der Waals surface area contributed by atoms with Gasteiger partial charge in [0.25, 0.3) is 0 Å². The molecule has 3 aromatic carbocycles. The molecule has 0 heterocycles. The average Bonchev–Trinajstić information content (AvgIpc) is 2.77. The molecule has 142 valence electrons. The number of rotatable bonds is 9. The second-order valence-corrected chi connectivity index (χ2v) is 6.71. The van der Waals surface area contributed by atoms with E-state index in [2.05, 4.69) is 30.3 Å². The van der Waals surface area contributed by atoms with Crippen LogP contribution in [0.3, 0.4) is 0 Å². The molecule has 0 saturated heterocycles. The van der Waals surface area contributed by atoms with Crippen LogP contribution in [0.5, 0.6) is 5.75 Å². The van der Waals surface area contributed by atoms with Gasteiger partial charge in [0, 0.05) is 6.61 Å². The van der Waals surface area contributed by atoms with Crippen LogP contribution in [0.1, 0.15) is 29.5 Å². The van der Waals surface area contributed by atoms with Gasteiger partial charge in [-0.05, 0) is 59.7 Å². The molecule has 0 atom stereocenters. The van der Waals surface area contributed by atoms with Crippen molar-refractivity contribution in [2.75, 3.05) is 13.7 Å². The predicted molar refractivity (Wildman–Crippen MR) is 112 cm³/mol. The highest BCUT2D eigenvalue weighted by Gasteiger charge is 2.04.